The number of nitrogens with zero attached hydrogens (tertiary/aromatic N) is 1. The second-order valence-electron chi connectivity index (χ2n) is 16.3. The van der Waals surface area contributed by atoms with Crippen molar-refractivity contribution in [3.63, 3.8) is 0 Å². The molecule has 0 N–H and O–H groups in total. The summed E-state index contributed by atoms with van der Waals surface area (Å²) in [6.45, 7) is 4.46. The first-order chi connectivity index (χ1) is 28.6. The molecule has 0 aliphatic heterocycles. The third-order valence-corrected chi connectivity index (χ3v) is 9.77. The summed E-state index contributed by atoms with van der Waals surface area (Å²) >= 11 is 0. The predicted molar refractivity (Wildman–Crippen MR) is 245 cm³/mol. The number of unbranched alkanes of at least 4 members (excludes halogenated alkanes) is 12. The molecular formula is C51H85NO7. The summed E-state index contributed by atoms with van der Waals surface area (Å²) in [4.78, 5) is 36.9. The number of carbonyl (C=O) groups is 3. The van der Waals surface area contributed by atoms with Gasteiger partial charge in [0, 0.05) is 19.3 Å². The number of carboxylic acid groups (broad SMARTS) is 1. The molecule has 59 heavy (non-hydrogen) atoms. The van der Waals surface area contributed by atoms with Crippen LogP contribution >= 0.6 is 0 Å². The zero-order valence-electron chi connectivity index (χ0n) is 38.1. The van der Waals surface area contributed by atoms with Gasteiger partial charge in [0.25, 0.3) is 0 Å². The molecule has 2 atom stereocenters. The molecule has 0 rings (SSSR count). The molecule has 0 aromatic heterocycles. The second kappa shape index (κ2) is 41.3. The van der Waals surface area contributed by atoms with Crippen LogP contribution < -0.4 is 5.11 Å². The fraction of sp³-hybridized carbons (Fsp3) is 0.667. The van der Waals surface area contributed by atoms with Gasteiger partial charge < -0.3 is 28.6 Å². The van der Waals surface area contributed by atoms with Crippen molar-refractivity contribution in [2.45, 2.75) is 180 Å². The highest BCUT2D eigenvalue weighted by atomic mass is 16.6. The first-order valence-corrected chi connectivity index (χ1v) is 23.1. The third kappa shape index (κ3) is 39.7. The minimum absolute atomic E-state index is 0.0164. The Hall–Kier alpha value is -3.49. The van der Waals surface area contributed by atoms with Gasteiger partial charge in [-0.25, -0.2) is 0 Å². The van der Waals surface area contributed by atoms with Crippen molar-refractivity contribution in [1.82, 2.24) is 0 Å². The molecule has 0 aliphatic rings. The number of hydrogen-bond acceptors (Lipinski definition) is 7. The fourth-order valence-corrected chi connectivity index (χ4v) is 6.19. The van der Waals surface area contributed by atoms with Gasteiger partial charge in [-0.1, -0.05) is 150 Å². The fourth-order valence-electron chi connectivity index (χ4n) is 6.19. The number of quaternary nitrogens is 1. The van der Waals surface area contributed by atoms with E-state index < -0.39 is 18.1 Å². The van der Waals surface area contributed by atoms with E-state index in [1.54, 1.807) is 21.1 Å². The SMILES string of the molecule is CC/C=C/C/C=C/C/C=C/C/C=C/C/C=C/C/C=C/CCCC(=O)OCC(COCCC(C(=O)[O-])[N+](C)(C)C)OC(=O)CCCCCCCCC/C=C/CCCCCC. The van der Waals surface area contributed by atoms with E-state index in [0.29, 0.717) is 12.8 Å². The molecule has 0 saturated carbocycles. The molecule has 336 valence electrons. The zero-order valence-corrected chi connectivity index (χ0v) is 38.1. The Morgan fingerprint density at radius 2 is 0.966 bits per heavy atom. The normalized spacial score (nSPS) is 13.7. The Bertz CT molecular complexity index is 1240. The largest absolute Gasteiger partial charge is 0.544 e. The Morgan fingerprint density at radius 1 is 0.525 bits per heavy atom. The molecular weight excluding hydrogens is 739 g/mol. The van der Waals surface area contributed by atoms with Crippen LogP contribution in [-0.2, 0) is 28.6 Å². The summed E-state index contributed by atoms with van der Waals surface area (Å²) in [5.74, 6) is -1.83. The molecule has 8 nitrogen and oxygen atoms in total. The first kappa shape index (κ1) is 55.5. The van der Waals surface area contributed by atoms with Gasteiger partial charge in [0.15, 0.2) is 6.10 Å². The van der Waals surface area contributed by atoms with Crippen molar-refractivity contribution >= 4 is 17.9 Å². The Morgan fingerprint density at radius 3 is 1.47 bits per heavy atom. The van der Waals surface area contributed by atoms with Crippen molar-refractivity contribution in [3.8, 4) is 0 Å². The summed E-state index contributed by atoms with van der Waals surface area (Å²) in [5.41, 5.74) is 0. The Kier molecular flexibility index (Phi) is 38.8. The van der Waals surface area contributed by atoms with Crippen LogP contribution in [0.1, 0.15) is 168 Å². The molecule has 0 spiro atoms. The first-order valence-electron chi connectivity index (χ1n) is 23.1. The van der Waals surface area contributed by atoms with Gasteiger partial charge in [-0.05, 0) is 83.5 Å². The van der Waals surface area contributed by atoms with Crippen LogP contribution in [0.25, 0.3) is 0 Å². The quantitative estimate of drug-likeness (QED) is 0.0262. The standard InChI is InChI=1S/C51H85NO7/c1-6-8-10-12-14-16-18-20-22-23-24-25-26-28-29-31-33-35-37-39-41-49(53)58-46-47(45-57-44-43-48(51(55)56)52(3,4)5)59-50(54)42-40-38-36-34-32-30-27-21-19-17-15-13-11-9-7-2/h8,10,14,16-17,19-20,22,24-25,28-29,33,35,47-48H,6-7,9,11-13,15,18,21,23,26-27,30-32,34,36-46H2,1-5H3/b10-8+,16-14+,19-17+,22-20+,25-24+,29-28+,35-33+. The molecule has 0 aromatic carbocycles. The Balaban J connectivity index is 4.44. The topological polar surface area (TPSA) is 102 Å². The van der Waals surface area contributed by atoms with Crippen LogP contribution in [0.4, 0.5) is 0 Å². The monoisotopic (exact) mass is 824 g/mol. The van der Waals surface area contributed by atoms with Gasteiger partial charge in [-0.2, -0.15) is 0 Å². The number of allylic oxidation sites excluding steroid dienone is 14. The van der Waals surface area contributed by atoms with Crippen LogP contribution in [0.2, 0.25) is 0 Å². The summed E-state index contributed by atoms with van der Waals surface area (Å²) in [6, 6.07) is -0.739. The molecule has 0 saturated heterocycles. The molecule has 0 aromatic rings. The third-order valence-electron chi connectivity index (χ3n) is 9.77. The lowest BCUT2D eigenvalue weighted by Crippen LogP contribution is -2.55. The lowest BCUT2D eigenvalue weighted by molar-refractivity contribution is -0.889. The van der Waals surface area contributed by atoms with Gasteiger partial charge in [0.05, 0.1) is 40.3 Å². The van der Waals surface area contributed by atoms with Crippen molar-refractivity contribution in [2.24, 2.45) is 0 Å². The van der Waals surface area contributed by atoms with E-state index in [0.717, 1.165) is 70.6 Å². The number of carbonyl (C=O) groups excluding carboxylic acids is 3. The van der Waals surface area contributed by atoms with E-state index in [1.165, 1.54) is 57.8 Å². The van der Waals surface area contributed by atoms with Crippen molar-refractivity contribution in [1.29, 1.82) is 0 Å². The molecule has 0 aliphatic carbocycles. The predicted octanol–water partition coefficient (Wildman–Crippen LogP) is 11.6. The summed E-state index contributed by atoms with van der Waals surface area (Å²) < 4.78 is 17.1. The van der Waals surface area contributed by atoms with E-state index in [-0.39, 0.29) is 49.1 Å². The van der Waals surface area contributed by atoms with Crippen LogP contribution in [0.15, 0.2) is 85.1 Å². The maximum atomic E-state index is 12.7. The smallest absolute Gasteiger partial charge is 0.306 e. The molecule has 8 heteroatoms. The van der Waals surface area contributed by atoms with Crippen molar-refractivity contribution in [3.05, 3.63) is 85.1 Å². The average Bonchev–Trinajstić information content (AvgIpc) is 3.19. The highest BCUT2D eigenvalue weighted by Gasteiger charge is 2.25. The molecule has 0 radical (unpaired) electrons. The molecule has 0 heterocycles. The van der Waals surface area contributed by atoms with Crippen LogP contribution in [0.3, 0.4) is 0 Å². The van der Waals surface area contributed by atoms with E-state index in [9.17, 15) is 19.5 Å². The van der Waals surface area contributed by atoms with Gasteiger partial charge in [0.2, 0.25) is 0 Å². The number of rotatable bonds is 40. The lowest BCUT2D eigenvalue weighted by atomic mass is 10.1. The highest BCUT2D eigenvalue weighted by molar-refractivity contribution is 5.70. The lowest BCUT2D eigenvalue weighted by Gasteiger charge is -2.34. The van der Waals surface area contributed by atoms with Gasteiger partial charge in [0.1, 0.15) is 12.6 Å². The number of carboxylic acids is 1. The zero-order chi connectivity index (χ0) is 43.5. The number of aliphatic carboxylic acids is 1. The van der Waals surface area contributed by atoms with Crippen molar-refractivity contribution < 1.29 is 38.2 Å². The Labute approximate surface area is 361 Å². The summed E-state index contributed by atoms with van der Waals surface area (Å²) in [5, 5.41) is 11.6. The molecule has 0 bridgehead atoms. The van der Waals surface area contributed by atoms with E-state index >= 15 is 0 Å². The van der Waals surface area contributed by atoms with Crippen LogP contribution in [0.5, 0.6) is 0 Å². The van der Waals surface area contributed by atoms with Crippen LogP contribution in [0, 0.1) is 0 Å². The van der Waals surface area contributed by atoms with Gasteiger partial charge in [-0.15, -0.1) is 0 Å². The molecule has 0 amide bonds. The minimum Gasteiger partial charge on any atom is -0.544 e. The number of ether oxygens (including phenoxy) is 3. The van der Waals surface area contributed by atoms with Crippen LogP contribution in [-0.4, -0.2) is 75.5 Å². The van der Waals surface area contributed by atoms with E-state index in [2.05, 4.69) is 98.9 Å². The number of hydrogen-bond donors (Lipinski definition) is 0. The minimum atomic E-state index is -1.14. The maximum Gasteiger partial charge on any atom is 0.306 e. The van der Waals surface area contributed by atoms with Gasteiger partial charge >= 0.3 is 11.9 Å². The number of likely N-dealkylation sites (N-methyl/N-ethyl adjacent to an activating group) is 1. The highest BCUT2D eigenvalue weighted by Crippen LogP contribution is 2.13. The average molecular weight is 824 g/mol. The molecule has 2 unspecified atom stereocenters. The van der Waals surface area contributed by atoms with Gasteiger partial charge in [-0.3, -0.25) is 9.59 Å². The summed E-state index contributed by atoms with van der Waals surface area (Å²) in [7, 11) is 5.38. The summed E-state index contributed by atoms with van der Waals surface area (Å²) in [6.07, 6.45) is 53.3. The maximum absolute atomic E-state index is 12.7. The number of esters is 2. The second-order valence-corrected chi connectivity index (χ2v) is 16.3. The van der Waals surface area contributed by atoms with E-state index in [1.807, 2.05) is 0 Å². The van der Waals surface area contributed by atoms with E-state index in [4.69, 9.17) is 14.2 Å². The van der Waals surface area contributed by atoms with Crippen molar-refractivity contribution in [2.75, 3.05) is 41.0 Å². The molecule has 0 fully saturated rings.